The smallest absolute Gasteiger partial charge is 0.343 e. The van der Waals surface area contributed by atoms with E-state index in [0.717, 1.165) is 49.3 Å². The first-order chi connectivity index (χ1) is 17.1. The van der Waals surface area contributed by atoms with Crippen molar-refractivity contribution in [2.45, 2.75) is 84.5 Å². The van der Waals surface area contributed by atoms with Crippen LogP contribution in [0.15, 0.2) is 42.5 Å². The number of unbranched alkanes of at least 4 members (excludes halogenated alkanes) is 2. The molecular formula is C30H41FO4. The molecule has 0 N–H and O–H groups in total. The Balaban J connectivity index is 1.37. The second-order valence-corrected chi connectivity index (χ2v) is 9.73. The summed E-state index contributed by atoms with van der Waals surface area (Å²) in [6, 6.07) is 11.2. The van der Waals surface area contributed by atoms with E-state index in [-0.39, 0.29) is 11.3 Å². The zero-order valence-electron chi connectivity index (χ0n) is 21.4. The van der Waals surface area contributed by atoms with Crippen LogP contribution < -0.4 is 14.2 Å². The van der Waals surface area contributed by atoms with Crippen molar-refractivity contribution in [2.75, 3.05) is 13.2 Å². The molecule has 1 aliphatic carbocycles. The summed E-state index contributed by atoms with van der Waals surface area (Å²) < 4.78 is 31.0. The predicted octanol–water partition coefficient (Wildman–Crippen LogP) is 8.38. The molecule has 0 aliphatic heterocycles. The van der Waals surface area contributed by atoms with Crippen LogP contribution in [0.1, 0.15) is 94.8 Å². The summed E-state index contributed by atoms with van der Waals surface area (Å²) in [7, 11) is 0. The van der Waals surface area contributed by atoms with Crippen LogP contribution >= 0.6 is 0 Å². The number of halogens is 1. The third-order valence-corrected chi connectivity index (χ3v) is 6.90. The first kappa shape index (κ1) is 27.0. The van der Waals surface area contributed by atoms with E-state index in [0.29, 0.717) is 19.0 Å². The first-order valence-electron chi connectivity index (χ1n) is 13.5. The maximum Gasteiger partial charge on any atom is 0.343 e. The Labute approximate surface area is 210 Å². The van der Waals surface area contributed by atoms with Gasteiger partial charge in [0.25, 0.3) is 0 Å². The average molecular weight is 485 g/mol. The lowest BCUT2D eigenvalue weighted by Gasteiger charge is -2.28. The van der Waals surface area contributed by atoms with Gasteiger partial charge in [0.05, 0.1) is 18.8 Å². The molecule has 0 heterocycles. The van der Waals surface area contributed by atoms with Crippen LogP contribution in [-0.2, 0) is 0 Å². The van der Waals surface area contributed by atoms with Gasteiger partial charge in [0.15, 0.2) is 11.6 Å². The maximum atomic E-state index is 14.3. The third kappa shape index (κ3) is 9.19. The number of carbonyl (C=O) groups excluding carboxylic acids is 1. The van der Waals surface area contributed by atoms with E-state index in [1.54, 1.807) is 24.3 Å². The summed E-state index contributed by atoms with van der Waals surface area (Å²) >= 11 is 0. The number of ether oxygens (including phenoxy) is 3. The molecular weight excluding hydrogens is 443 g/mol. The number of esters is 1. The van der Waals surface area contributed by atoms with E-state index < -0.39 is 11.8 Å². The van der Waals surface area contributed by atoms with Crippen molar-refractivity contribution in [3.05, 3.63) is 53.8 Å². The van der Waals surface area contributed by atoms with Crippen LogP contribution in [-0.4, -0.2) is 19.2 Å². The average Bonchev–Trinajstić information content (AvgIpc) is 2.87. The highest BCUT2D eigenvalue weighted by molar-refractivity contribution is 5.91. The summed E-state index contributed by atoms with van der Waals surface area (Å²) in [5, 5.41) is 0. The van der Waals surface area contributed by atoms with Crippen molar-refractivity contribution in [3.8, 4) is 17.2 Å². The zero-order chi connectivity index (χ0) is 24.9. The lowest BCUT2D eigenvalue weighted by Crippen LogP contribution is -2.15. The molecule has 1 saturated carbocycles. The Kier molecular flexibility index (Phi) is 11.4. The third-order valence-electron chi connectivity index (χ3n) is 6.90. The van der Waals surface area contributed by atoms with Crippen LogP contribution in [0.3, 0.4) is 0 Å². The first-order valence-corrected chi connectivity index (χ1v) is 13.5. The van der Waals surface area contributed by atoms with Gasteiger partial charge in [0.2, 0.25) is 0 Å². The van der Waals surface area contributed by atoms with Gasteiger partial charge in [-0.3, -0.25) is 0 Å². The molecule has 0 saturated heterocycles. The molecule has 4 nitrogen and oxygen atoms in total. The van der Waals surface area contributed by atoms with E-state index in [9.17, 15) is 9.18 Å². The summed E-state index contributed by atoms with van der Waals surface area (Å²) in [5.74, 6) is 1.94. The van der Waals surface area contributed by atoms with E-state index in [4.69, 9.17) is 14.2 Å². The minimum Gasteiger partial charge on any atom is -0.494 e. The molecule has 0 bridgehead atoms. The van der Waals surface area contributed by atoms with Crippen molar-refractivity contribution in [3.63, 3.8) is 0 Å². The maximum absolute atomic E-state index is 14.3. The second-order valence-electron chi connectivity index (χ2n) is 9.73. The number of rotatable bonds is 14. The fourth-order valence-corrected chi connectivity index (χ4v) is 4.83. The van der Waals surface area contributed by atoms with Crippen molar-refractivity contribution in [2.24, 2.45) is 11.8 Å². The molecule has 1 fully saturated rings. The highest BCUT2D eigenvalue weighted by Crippen LogP contribution is 2.33. The van der Waals surface area contributed by atoms with Crippen molar-refractivity contribution in [1.29, 1.82) is 0 Å². The Hall–Kier alpha value is -2.56. The van der Waals surface area contributed by atoms with Gasteiger partial charge in [-0.1, -0.05) is 65.2 Å². The topological polar surface area (TPSA) is 44.8 Å². The van der Waals surface area contributed by atoms with Gasteiger partial charge in [0.1, 0.15) is 11.5 Å². The number of hydrogen-bond donors (Lipinski definition) is 0. The molecule has 2 aromatic carbocycles. The highest BCUT2D eigenvalue weighted by atomic mass is 19.1. The fraction of sp³-hybridized carbons (Fsp3) is 0.567. The number of benzene rings is 2. The summed E-state index contributed by atoms with van der Waals surface area (Å²) in [4.78, 5) is 12.4. The molecule has 0 amide bonds. The Morgan fingerprint density at radius 2 is 1.46 bits per heavy atom. The van der Waals surface area contributed by atoms with Gasteiger partial charge < -0.3 is 14.2 Å². The molecule has 192 valence electrons. The van der Waals surface area contributed by atoms with Crippen LogP contribution in [0.5, 0.6) is 17.2 Å². The van der Waals surface area contributed by atoms with Gasteiger partial charge in [-0.25, -0.2) is 9.18 Å². The van der Waals surface area contributed by atoms with Gasteiger partial charge in [0, 0.05) is 0 Å². The molecule has 0 spiro atoms. The SMILES string of the molecule is CCCCCOc1ccc(C(=O)Oc2ccc(OCCCC3CCC(CCC)CC3)cc2)cc1F. The lowest BCUT2D eigenvalue weighted by molar-refractivity contribution is 0.0734. The minimum absolute atomic E-state index is 0.146. The van der Waals surface area contributed by atoms with Crippen LogP contribution in [0.25, 0.3) is 0 Å². The van der Waals surface area contributed by atoms with Gasteiger partial charge in [-0.2, -0.15) is 0 Å². The predicted molar refractivity (Wildman–Crippen MR) is 138 cm³/mol. The summed E-state index contributed by atoms with van der Waals surface area (Å²) in [6.45, 7) is 5.54. The summed E-state index contributed by atoms with van der Waals surface area (Å²) in [6.07, 6.45) is 13.5. The van der Waals surface area contributed by atoms with Gasteiger partial charge in [-0.05, 0) is 73.6 Å². The highest BCUT2D eigenvalue weighted by Gasteiger charge is 2.20. The lowest BCUT2D eigenvalue weighted by atomic mass is 9.78. The zero-order valence-corrected chi connectivity index (χ0v) is 21.4. The quantitative estimate of drug-likeness (QED) is 0.153. The normalized spacial score (nSPS) is 17.7. The number of carbonyl (C=O) groups is 1. The fourth-order valence-electron chi connectivity index (χ4n) is 4.83. The van der Waals surface area contributed by atoms with E-state index >= 15 is 0 Å². The molecule has 0 unspecified atom stereocenters. The Morgan fingerprint density at radius 1 is 0.800 bits per heavy atom. The molecule has 5 heteroatoms. The van der Waals surface area contributed by atoms with Gasteiger partial charge >= 0.3 is 5.97 Å². The second kappa shape index (κ2) is 14.8. The van der Waals surface area contributed by atoms with E-state index in [1.807, 2.05) is 0 Å². The molecule has 0 aromatic heterocycles. The Bertz CT molecular complexity index is 888. The molecule has 3 rings (SSSR count). The molecule has 1 aliphatic rings. The van der Waals surface area contributed by atoms with Crippen molar-refractivity contribution >= 4 is 5.97 Å². The molecule has 2 aromatic rings. The van der Waals surface area contributed by atoms with E-state index in [2.05, 4.69) is 13.8 Å². The largest absolute Gasteiger partial charge is 0.494 e. The standard InChI is InChI=1S/C30H41FO4/c1-3-5-6-20-34-29-19-14-25(22-28(29)31)30(32)35-27-17-15-26(16-18-27)33-21-7-9-24-12-10-23(8-4-2)11-13-24/h14-19,22-24H,3-13,20-21H2,1-2H3. The Morgan fingerprint density at radius 3 is 2.11 bits per heavy atom. The molecule has 0 radical (unpaired) electrons. The number of hydrogen-bond acceptors (Lipinski definition) is 4. The minimum atomic E-state index is -0.608. The molecule has 0 atom stereocenters. The van der Waals surface area contributed by atoms with Crippen LogP contribution in [0.4, 0.5) is 4.39 Å². The molecule has 35 heavy (non-hydrogen) atoms. The van der Waals surface area contributed by atoms with Crippen LogP contribution in [0.2, 0.25) is 0 Å². The van der Waals surface area contributed by atoms with Gasteiger partial charge in [-0.15, -0.1) is 0 Å². The van der Waals surface area contributed by atoms with Crippen molar-refractivity contribution in [1.82, 2.24) is 0 Å². The van der Waals surface area contributed by atoms with Crippen molar-refractivity contribution < 1.29 is 23.4 Å². The van der Waals surface area contributed by atoms with Crippen LogP contribution in [0, 0.1) is 17.7 Å². The monoisotopic (exact) mass is 484 g/mol. The van der Waals surface area contributed by atoms with E-state index in [1.165, 1.54) is 57.1 Å². The summed E-state index contributed by atoms with van der Waals surface area (Å²) in [5.41, 5.74) is 0.146.